The highest BCUT2D eigenvalue weighted by Crippen LogP contribution is 2.42. The van der Waals surface area contributed by atoms with Gasteiger partial charge in [-0.05, 0) is 48.4 Å². The third-order valence-electron chi connectivity index (χ3n) is 4.08. The molecule has 0 N–H and O–H groups in total. The Morgan fingerprint density at radius 1 is 1.21 bits per heavy atom. The number of anilines is 1. The van der Waals surface area contributed by atoms with Gasteiger partial charge in [0.2, 0.25) is 5.91 Å². The largest absolute Gasteiger partial charge is 0.452 e. The van der Waals surface area contributed by atoms with Crippen molar-refractivity contribution in [2.75, 3.05) is 17.3 Å². The Kier molecular flexibility index (Phi) is 5.64. The van der Waals surface area contributed by atoms with Crippen LogP contribution in [0.2, 0.25) is 0 Å². The SMILES string of the molecule is Cc1cc(C(=O)OCC(F)(F)F)ccc1N1C(=O)CSC1c1ccc(F)cc1. The van der Waals surface area contributed by atoms with E-state index in [1.54, 1.807) is 19.1 Å². The molecule has 1 unspecified atom stereocenters. The van der Waals surface area contributed by atoms with Gasteiger partial charge in [-0.2, -0.15) is 13.2 Å². The predicted octanol–water partition coefficient (Wildman–Crippen LogP) is 4.63. The lowest BCUT2D eigenvalue weighted by Crippen LogP contribution is -2.28. The van der Waals surface area contributed by atoms with Gasteiger partial charge in [-0.25, -0.2) is 9.18 Å². The maximum atomic E-state index is 13.2. The lowest BCUT2D eigenvalue weighted by atomic mass is 10.1. The number of alkyl halides is 3. The molecule has 1 aliphatic rings. The summed E-state index contributed by atoms with van der Waals surface area (Å²) in [5, 5.41) is -0.366. The molecule has 148 valence electrons. The van der Waals surface area contributed by atoms with E-state index in [0.717, 1.165) is 5.56 Å². The Bertz CT molecular complexity index is 899. The van der Waals surface area contributed by atoms with Gasteiger partial charge in [0.1, 0.15) is 11.2 Å². The second kappa shape index (κ2) is 7.83. The number of rotatable bonds is 4. The van der Waals surface area contributed by atoms with Crippen LogP contribution in [0.3, 0.4) is 0 Å². The number of hydrogen-bond acceptors (Lipinski definition) is 4. The van der Waals surface area contributed by atoms with E-state index in [9.17, 15) is 27.2 Å². The molecule has 0 saturated carbocycles. The van der Waals surface area contributed by atoms with Crippen LogP contribution in [0.1, 0.15) is 26.9 Å². The van der Waals surface area contributed by atoms with E-state index >= 15 is 0 Å². The second-order valence-electron chi connectivity index (χ2n) is 6.17. The van der Waals surface area contributed by atoms with Crippen molar-refractivity contribution in [1.82, 2.24) is 0 Å². The Labute approximate surface area is 162 Å². The van der Waals surface area contributed by atoms with Crippen molar-refractivity contribution in [2.24, 2.45) is 0 Å². The fraction of sp³-hybridized carbons (Fsp3) is 0.263. The molecule has 2 aromatic rings. The lowest BCUT2D eigenvalue weighted by molar-refractivity contribution is -0.161. The van der Waals surface area contributed by atoms with E-state index in [2.05, 4.69) is 4.74 Å². The summed E-state index contributed by atoms with van der Waals surface area (Å²) in [6.45, 7) is -0.0195. The van der Waals surface area contributed by atoms with Gasteiger partial charge in [0, 0.05) is 5.69 Å². The minimum absolute atomic E-state index is 0.0388. The molecule has 1 atom stereocenters. The van der Waals surface area contributed by atoms with Gasteiger partial charge in [0.25, 0.3) is 0 Å². The number of aryl methyl sites for hydroxylation is 1. The Morgan fingerprint density at radius 2 is 1.89 bits per heavy atom. The first-order valence-corrected chi connectivity index (χ1v) is 9.24. The lowest BCUT2D eigenvalue weighted by Gasteiger charge is -2.26. The molecule has 1 saturated heterocycles. The molecule has 9 heteroatoms. The normalized spacial score (nSPS) is 17.1. The molecule has 4 nitrogen and oxygen atoms in total. The predicted molar refractivity (Wildman–Crippen MR) is 96.6 cm³/mol. The highest BCUT2D eigenvalue weighted by atomic mass is 32.2. The molecule has 1 amide bonds. The average molecular weight is 413 g/mol. The first-order chi connectivity index (χ1) is 13.2. The third kappa shape index (κ3) is 4.46. The summed E-state index contributed by atoms with van der Waals surface area (Å²) in [5.74, 6) is -1.40. The molecule has 0 aliphatic carbocycles. The number of amides is 1. The number of esters is 1. The van der Waals surface area contributed by atoms with Crippen LogP contribution in [0.4, 0.5) is 23.2 Å². The molecule has 28 heavy (non-hydrogen) atoms. The van der Waals surface area contributed by atoms with E-state index in [1.807, 2.05) is 0 Å². The highest BCUT2D eigenvalue weighted by Gasteiger charge is 2.35. The van der Waals surface area contributed by atoms with E-state index in [0.29, 0.717) is 11.3 Å². The zero-order valence-electron chi connectivity index (χ0n) is 14.6. The molecule has 0 aromatic heterocycles. The number of hydrogen-bond donors (Lipinski definition) is 0. The summed E-state index contributed by atoms with van der Waals surface area (Å²) in [4.78, 5) is 25.8. The number of carbonyl (C=O) groups excluding carboxylic acids is 2. The number of ether oxygens (including phenoxy) is 1. The van der Waals surface area contributed by atoms with Crippen molar-refractivity contribution in [2.45, 2.75) is 18.5 Å². The van der Waals surface area contributed by atoms with Crippen LogP contribution in [0, 0.1) is 12.7 Å². The number of nitrogens with zero attached hydrogens (tertiary/aromatic N) is 1. The van der Waals surface area contributed by atoms with Crippen LogP contribution in [0.25, 0.3) is 0 Å². The van der Waals surface area contributed by atoms with Crippen molar-refractivity contribution >= 4 is 29.3 Å². The third-order valence-corrected chi connectivity index (χ3v) is 5.29. The molecular formula is C19H15F4NO3S. The Hall–Kier alpha value is -2.55. The van der Waals surface area contributed by atoms with Gasteiger partial charge >= 0.3 is 12.1 Å². The van der Waals surface area contributed by atoms with Crippen LogP contribution >= 0.6 is 11.8 Å². The van der Waals surface area contributed by atoms with Crippen molar-refractivity contribution in [3.05, 3.63) is 65.0 Å². The minimum atomic E-state index is -4.60. The molecular weight excluding hydrogens is 398 g/mol. The summed E-state index contributed by atoms with van der Waals surface area (Å²) in [7, 11) is 0. The molecule has 0 radical (unpaired) electrons. The van der Waals surface area contributed by atoms with Gasteiger partial charge in [-0.1, -0.05) is 12.1 Å². The first-order valence-electron chi connectivity index (χ1n) is 8.19. The van der Waals surface area contributed by atoms with Crippen LogP contribution in [-0.4, -0.2) is 30.4 Å². The summed E-state index contributed by atoms with van der Waals surface area (Å²) in [6.07, 6.45) is -4.60. The van der Waals surface area contributed by atoms with Gasteiger partial charge in [0.15, 0.2) is 6.61 Å². The maximum absolute atomic E-state index is 13.2. The smallest absolute Gasteiger partial charge is 0.422 e. The number of benzene rings is 2. The van der Waals surface area contributed by atoms with Crippen LogP contribution < -0.4 is 4.90 Å². The van der Waals surface area contributed by atoms with E-state index in [1.165, 1.54) is 47.0 Å². The van der Waals surface area contributed by atoms with Crippen molar-refractivity contribution in [1.29, 1.82) is 0 Å². The molecule has 1 fully saturated rings. The second-order valence-corrected chi connectivity index (χ2v) is 7.24. The van der Waals surface area contributed by atoms with E-state index in [4.69, 9.17) is 0 Å². The standard InChI is InChI=1S/C19H15F4NO3S/c1-11-8-13(18(26)27-10-19(21,22)23)4-7-15(11)24-16(25)9-28-17(24)12-2-5-14(20)6-3-12/h2-8,17H,9-10H2,1H3. The van der Waals surface area contributed by atoms with Crippen LogP contribution in [0.5, 0.6) is 0 Å². The van der Waals surface area contributed by atoms with Crippen molar-refractivity contribution in [3.8, 4) is 0 Å². The summed E-state index contributed by atoms with van der Waals surface area (Å²) >= 11 is 1.38. The molecule has 1 aliphatic heterocycles. The molecule has 3 rings (SSSR count). The summed E-state index contributed by atoms with van der Waals surface area (Å²) < 4.78 is 54.1. The monoisotopic (exact) mass is 413 g/mol. The quantitative estimate of drug-likeness (QED) is 0.542. The topological polar surface area (TPSA) is 46.6 Å². The van der Waals surface area contributed by atoms with E-state index < -0.39 is 18.8 Å². The molecule has 0 spiro atoms. The minimum Gasteiger partial charge on any atom is -0.452 e. The molecule has 0 bridgehead atoms. The Morgan fingerprint density at radius 3 is 2.50 bits per heavy atom. The van der Waals surface area contributed by atoms with Gasteiger partial charge in [-0.15, -0.1) is 11.8 Å². The zero-order chi connectivity index (χ0) is 20.5. The zero-order valence-corrected chi connectivity index (χ0v) is 15.4. The maximum Gasteiger partial charge on any atom is 0.422 e. The fourth-order valence-electron chi connectivity index (χ4n) is 2.84. The van der Waals surface area contributed by atoms with Gasteiger partial charge in [-0.3, -0.25) is 9.69 Å². The highest BCUT2D eigenvalue weighted by molar-refractivity contribution is 8.00. The van der Waals surface area contributed by atoms with E-state index in [-0.39, 0.29) is 28.4 Å². The average Bonchev–Trinajstić information content (AvgIpc) is 3.01. The molecule has 1 heterocycles. The molecule has 2 aromatic carbocycles. The number of carbonyl (C=O) groups is 2. The first kappa shape index (κ1) is 20.2. The fourth-order valence-corrected chi connectivity index (χ4v) is 4.01. The summed E-state index contributed by atoms with van der Waals surface area (Å²) in [6, 6.07) is 10.0. The van der Waals surface area contributed by atoms with Crippen molar-refractivity contribution < 1.29 is 31.9 Å². The Balaban J connectivity index is 1.84. The van der Waals surface area contributed by atoms with Crippen molar-refractivity contribution in [3.63, 3.8) is 0 Å². The number of thioether (sulfide) groups is 1. The summed E-state index contributed by atoms with van der Waals surface area (Å²) in [5.41, 5.74) is 1.76. The van der Waals surface area contributed by atoms with Crippen LogP contribution in [-0.2, 0) is 9.53 Å². The van der Waals surface area contributed by atoms with Gasteiger partial charge in [0.05, 0.1) is 11.3 Å². The van der Waals surface area contributed by atoms with Crippen LogP contribution in [0.15, 0.2) is 42.5 Å². The van der Waals surface area contributed by atoms with Gasteiger partial charge < -0.3 is 4.74 Å². The number of halogens is 4.